The van der Waals surface area contributed by atoms with E-state index in [4.69, 9.17) is 0 Å². The molecule has 0 unspecified atom stereocenters. The summed E-state index contributed by atoms with van der Waals surface area (Å²) < 4.78 is 0. The first-order chi connectivity index (χ1) is 5.91. The Kier molecular flexibility index (Phi) is 9.45. The Morgan fingerprint density at radius 3 is 1.83 bits per heavy atom. The fourth-order valence-electron chi connectivity index (χ4n) is 0.511. The fraction of sp³-hybridized carbons (Fsp3) is 0.455. The lowest BCUT2D eigenvalue weighted by molar-refractivity contribution is 1.27. The molecule has 0 aliphatic rings. The lowest BCUT2D eigenvalue weighted by Gasteiger charge is -1.72. The van der Waals surface area contributed by atoms with Crippen LogP contribution in [0.5, 0.6) is 0 Å². The van der Waals surface area contributed by atoms with Gasteiger partial charge in [-0.05, 0) is 0 Å². The van der Waals surface area contributed by atoms with E-state index in [2.05, 4.69) is 51.5 Å². The van der Waals surface area contributed by atoms with Gasteiger partial charge in [-0.25, -0.2) is 0 Å². The Labute approximate surface area is 83.3 Å². The molecule has 0 N–H and O–H groups in total. The summed E-state index contributed by atoms with van der Waals surface area (Å²) in [4.78, 5) is 0. The van der Waals surface area contributed by atoms with E-state index in [0.717, 1.165) is 11.8 Å². The van der Waals surface area contributed by atoms with Gasteiger partial charge in [0.1, 0.15) is 0 Å². The molecule has 0 aromatic rings. The number of hydrogen-bond acceptors (Lipinski definition) is 0. The van der Waals surface area contributed by atoms with Gasteiger partial charge in [0.25, 0.3) is 0 Å². The molecule has 0 aromatic carbocycles. The van der Waals surface area contributed by atoms with Crippen molar-refractivity contribution in [1.82, 2.24) is 0 Å². The highest BCUT2D eigenvalue weighted by molar-refractivity contribution is 9.09. The number of alkyl halides is 1. The number of hydrogen-bond donors (Lipinski definition) is 0. The zero-order valence-electron chi connectivity index (χ0n) is 7.21. The summed E-state index contributed by atoms with van der Waals surface area (Å²) in [6.45, 7) is 2.03. The standard InChI is InChI=1S/C11H11Br/c1-2-3-4-5-6-7-8-9-10-11-12/h2,5,8,11H2,1H3. The lowest BCUT2D eigenvalue weighted by atomic mass is 10.3. The van der Waals surface area contributed by atoms with E-state index in [-0.39, 0.29) is 0 Å². The van der Waals surface area contributed by atoms with Crippen LogP contribution in [-0.2, 0) is 0 Å². The molecule has 0 heterocycles. The molecule has 0 radical (unpaired) electrons. The maximum absolute atomic E-state index is 3.21. The molecule has 0 amide bonds. The molecular weight excluding hydrogens is 212 g/mol. The molecule has 0 saturated heterocycles. The third kappa shape index (κ3) is 9.16. The number of rotatable bonds is 0. The van der Waals surface area contributed by atoms with Crippen LogP contribution in [0.25, 0.3) is 0 Å². The molecule has 0 aromatic heterocycles. The minimum Gasteiger partial charge on any atom is -0.103 e. The largest absolute Gasteiger partial charge is 0.103 e. The maximum Gasteiger partial charge on any atom is 0.0703 e. The van der Waals surface area contributed by atoms with Gasteiger partial charge in [-0.3, -0.25) is 0 Å². The Morgan fingerprint density at radius 2 is 1.33 bits per heavy atom. The van der Waals surface area contributed by atoms with Gasteiger partial charge in [-0.2, -0.15) is 0 Å². The molecule has 0 aliphatic heterocycles. The second-order valence-electron chi connectivity index (χ2n) is 1.90. The van der Waals surface area contributed by atoms with Crippen LogP contribution in [0.4, 0.5) is 0 Å². The zero-order valence-corrected chi connectivity index (χ0v) is 8.79. The Balaban J connectivity index is 3.47. The van der Waals surface area contributed by atoms with Crippen molar-refractivity contribution in [3.05, 3.63) is 0 Å². The summed E-state index contributed by atoms with van der Waals surface area (Å²) in [6, 6.07) is 0. The Hall–Kier alpha value is -0.840. The van der Waals surface area contributed by atoms with E-state index in [1.54, 1.807) is 0 Å². The second-order valence-corrected chi connectivity index (χ2v) is 2.46. The quantitative estimate of drug-likeness (QED) is 0.437. The van der Waals surface area contributed by atoms with Crippen molar-refractivity contribution >= 4 is 15.9 Å². The van der Waals surface area contributed by atoms with Crippen LogP contribution >= 0.6 is 15.9 Å². The van der Waals surface area contributed by atoms with Gasteiger partial charge in [0.15, 0.2) is 0 Å². The second kappa shape index (κ2) is 10.2. The van der Waals surface area contributed by atoms with Gasteiger partial charge in [-0.1, -0.05) is 52.5 Å². The van der Waals surface area contributed by atoms with E-state index in [1.165, 1.54) is 0 Å². The Bertz CT molecular complexity index is 241. The topological polar surface area (TPSA) is 0 Å². The monoisotopic (exact) mass is 222 g/mol. The van der Waals surface area contributed by atoms with Crippen molar-refractivity contribution in [1.29, 1.82) is 0 Å². The highest BCUT2D eigenvalue weighted by atomic mass is 79.9. The smallest absolute Gasteiger partial charge is 0.0703 e. The van der Waals surface area contributed by atoms with Gasteiger partial charge >= 0.3 is 0 Å². The molecule has 0 saturated carbocycles. The van der Waals surface area contributed by atoms with Crippen molar-refractivity contribution in [2.75, 3.05) is 5.33 Å². The first-order valence-electron chi connectivity index (χ1n) is 3.85. The third-order valence-corrected chi connectivity index (χ3v) is 1.25. The lowest BCUT2D eigenvalue weighted by Crippen LogP contribution is -1.64. The predicted octanol–water partition coefficient (Wildman–Crippen LogP) is 2.58. The summed E-state index contributed by atoms with van der Waals surface area (Å²) in [5, 5.41) is 0.727. The van der Waals surface area contributed by atoms with Crippen LogP contribution in [0.2, 0.25) is 0 Å². The van der Waals surface area contributed by atoms with Crippen LogP contribution in [0.15, 0.2) is 0 Å². The third-order valence-electron chi connectivity index (χ3n) is 0.972. The van der Waals surface area contributed by atoms with Gasteiger partial charge in [0.05, 0.1) is 18.2 Å². The van der Waals surface area contributed by atoms with Gasteiger partial charge in [-0.15, -0.1) is 5.92 Å². The van der Waals surface area contributed by atoms with Crippen LogP contribution in [0, 0.1) is 35.5 Å². The molecular formula is C11H11Br. The molecule has 0 bridgehead atoms. The van der Waals surface area contributed by atoms with Crippen LogP contribution in [0.3, 0.4) is 0 Å². The average Bonchev–Trinajstić information content (AvgIpc) is 2.10. The SMILES string of the molecule is CCC#CCC#CCC#CCBr. The van der Waals surface area contributed by atoms with Gasteiger partial charge in [0.2, 0.25) is 0 Å². The average molecular weight is 223 g/mol. The van der Waals surface area contributed by atoms with E-state index in [0.29, 0.717) is 12.8 Å². The first kappa shape index (κ1) is 11.2. The van der Waals surface area contributed by atoms with Crippen molar-refractivity contribution in [2.24, 2.45) is 0 Å². The van der Waals surface area contributed by atoms with Crippen molar-refractivity contribution < 1.29 is 0 Å². The van der Waals surface area contributed by atoms with Crippen molar-refractivity contribution in [3.63, 3.8) is 0 Å². The number of halogens is 1. The van der Waals surface area contributed by atoms with E-state index >= 15 is 0 Å². The summed E-state index contributed by atoms with van der Waals surface area (Å²) in [5.74, 6) is 17.6. The maximum atomic E-state index is 3.21. The van der Waals surface area contributed by atoms with Gasteiger partial charge < -0.3 is 0 Å². The van der Waals surface area contributed by atoms with E-state index < -0.39 is 0 Å². The molecule has 0 aliphatic carbocycles. The minimum absolute atomic E-state index is 0.652. The molecule has 0 spiro atoms. The summed E-state index contributed by atoms with van der Waals surface area (Å²) in [5.41, 5.74) is 0. The molecule has 0 fully saturated rings. The molecule has 1 heteroatoms. The van der Waals surface area contributed by atoms with E-state index in [9.17, 15) is 0 Å². The molecule has 0 rings (SSSR count). The van der Waals surface area contributed by atoms with Gasteiger partial charge in [0, 0.05) is 6.42 Å². The normalized spacial score (nSPS) is 6.50. The van der Waals surface area contributed by atoms with Crippen LogP contribution < -0.4 is 0 Å². The zero-order chi connectivity index (χ0) is 9.07. The minimum atomic E-state index is 0.652. The molecule has 0 nitrogen and oxygen atoms in total. The summed E-state index contributed by atoms with van der Waals surface area (Å²) in [7, 11) is 0. The van der Waals surface area contributed by atoms with Crippen LogP contribution in [-0.4, -0.2) is 5.33 Å². The van der Waals surface area contributed by atoms with Crippen LogP contribution in [0.1, 0.15) is 26.2 Å². The predicted molar refractivity (Wildman–Crippen MR) is 56.6 cm³/mol. The highest BCUT2D eigenvalue weighted by Crippen LogP contribution is 1.78. The van der Waals surface area contributed by atoms with E-state index in [1.807, 2.05) is 6.92 Å². The summed E-state index contributed by atoms with van der Waals surface area (Å²) in [6.07, 6.45) is 2.23. The molecule has 62 valence electrons. The first-order valence-corrected chi connectivity index (χ1v) is 4.97. The van der Waals surface area contributed by atoms with Crippen molar-refractivity contribution in [3.8, 4) is 35.5 Å². The van der Waals surface area contributed by atoms with Crippen molar-refractivity contribution in [2.45, 2.75) is 26.2 Å². The fourth-order valence-corrected chi connectivity index (χ4v) is 0.709. The molecule has 12 heavy (non-hydrogen) atoms. The highest BCUT2D eigenvalue weighted by Gasteiger charge is 1.67. The Morgan fingerprint density at radius 1 is 0.833 bits per heavy atom. The molecule has 0 atom stereocenters. The summed E-state index contributed by atoms with van der Waals surface area (Å²) >= 11 is 3.21.